The van der Waals surface area contributed by atoms with Crippen molar-refractivity contribution in [3.8, 4) is 0 Å². The molecule has 6 nitrogen and oxygen atoms in total. The van der Waals surface area contributed by atoms with E-state index in [9.17, 15) is 4.79 Å². The molecule has 2 aromatic carbocycles. The molecule has 1 unspecified atom stereocenters. The number of nitrogens with zero attached hydrogens (tertiary/aromatic N) is 2. The van der Waals surface area contributed by atoms with E-state index in [4.69, 9.17) is 4.98 Å². The Morgan fingerprint density at radius 1 is 1.15 bits per heavy atom. The molecule has 1 saturated heterocycles. The fraction of sp³-hybridized carbons (Fsp3) is 0.370. The van der Waals surface area contributed by atoms with Gasteiger partial charge in [0, 0.05) is 24.1 Å². The average molecular weight is 520 g/mol. The topological polar surface area (TPSA) is 78.9 Å². The molecule has 0 bridgehead atoms. The van der Waals surface area contributed by atoms with Crippen LogP contribution in [0.3, 0.4) is 0 Å². The first kappa shape index (κ1) is 23.0. The van der Waals surface area contributed by atoms with Crippen LogP contribution in [0.25, 0.3) is 0 Å². The van der Waals surface area contributed by atoms with E-state index in [0.717, 1.165) is 53.0 Å². The second kappa shape index (κ2) is 9.47. The van der Waals surface area contributed by atoms with E-state index >= 15 is 0 Å². The van der Waals surface area contributed by atoms with Crippen LogP contribution in [0.1, 0.15) is 55.0 Å². The summed E-state index contributed by atoms with van der Waals surface area (Å²) in [5.74, 6) is 1.23. The molecule has 1 fully saturated rings. The van der Waals surface area contributed by atoms with E-state index in [1.165, 1.54) is 24.0 Å². The van der Waals surface area contributed by atoms with Crippen molar-refractivity contribution in [1.82, 2.24) is 15.3 Å². The number of carbonyl (C=O) groups excluding carboxylic acids is 1. The molecule has 3 heterocycles. The Bertz CT molecular complexity index is 1200. The molecule has 2 aliphatic rings. The fourth-order valence-electron chi connectivity index (χ4n) is 5.04. The number of rotatable bonds is 6. The zero-order valence-electron chi connectivity index (χ0n) is 19.6. The maximum Gasteiger partial charge on any atom is 0.234 e. The van der Waals surface area contributed by atoms with Crippen LogP contribution in [0, 0.1) is 0 Å². The molecule has 0 radical (unpaired) electrons. The van der Waals surface area contributed by atoms with Gasteiger partial charge in [-0.2, -0.15) is 0 Å². The summed E-state index contributed by atoms with van der Waals surface area (Å²) in [6, 6.07) is 14.7. The lowest BCUT2D eigenvalue weighted by molar-refractivity contribution is -0.119. The predicted octanol–water partition coefficient (Wildman–Crippen LogP) is 5.46. The standard InChI is InChI=1S/C27H30BrN5O/c1-27(2)24-18(5-3-7-23(24)32-25(27)34)10-13-22-21(28)16-30-26(33-22)31-20-11-8-17(9-12-20)19-6-4-14-29-15-19/h3,5,7-9,11-12,16,19,29H,4,6,10,13-15H2,1-2H3,(H,32,34)(H,30,31,33). The number of amides is 1. The molecule has 1 aromatic heterocycles. The van der Waals surface area contributed by atoms with E-state index in [1.807, 2.05) is 26.0 Å². The molecule has 1 atom stereocenters. The average Bonchev–Trinajstić information content (AvgIpc) is 3.09. The van der Waals surface area contributed by atoms with Gasteiger partial charge >= 0.3 is 0 Å². The monoisotopic (exact) mass is 519 g/mol. The molecule has 34 heavy (non-hydrogen) atoms. The SMILES string of the molecule is CC1(C)C(=O)Nc2cccc(CCc3nc(Nc4ccc(C5CCCNC5)cc4)ncc3Br)c21. The third kappa shape index (κ3) is 4.59. The number of aromatic nitrogens is 2. The summed E-state index contributed by atoms with van der Waals surface area (Å²) in [6.07, 6.45) is 5.81. The lowest BCUT2D eigenvalue weighted by Crippen LogP contribution is -2.28. The van der Waals surface area contributed by atoms with Gasteiger partial charge in [-0.15, -0.1) is 0 Å². The number of hydrogen-bond acceptors (Lipinski definition) is 5. The molecule has 1 amide bonds. The molecular weight excluding hydrogens is 490 g/mol. The van der Waals surface area contributed by atoms with Gasteiger partial charge in [-0.3, -0.25) is 4.79 Å². The van der Waals surface area contributed by atoms with E-state index in [0.29, 0.717) is 11.9 Å². The molecule has 3 aromatic rings. The number of nitrogens with one attached hydrogen (secondary N) is 3. The Hall–Kier alpha value is -2.77. The minimum atomic E-state index is -0.526. The number of piperidine rings is 1. The summed E-state index contributed by atoms with van der Waals surface area (Å²) in [5, 5.41) is 9.84. The zero-order chi connectivity index (χ0) is 23.7. The van der Waals surface area contributed by atoms with Crippen LogP contribution in [0.4, 0.5) is 17.3 Å². The maximum atomic E-state index is 12.4. The smallest absolute Gasteiger partial charge is 0.234 e. The third-order valence-electron chi connectivity index (χ3n) is 6.97. The lowest BCUT2D eigenvalue weighted by atomic mass is 9.82. The highest BCUT2D eigenvalue weighted by atomic mass is 79.9. The number of halogens is 1. The molecule has 0 aliphatic carbocycles. The van der Waals surface area contributed by atoms with Gasteiger partial charge in [-0.05, 0) is 103 Å². The number of aryl methyl sites for hydroxylation is 2. The first-order valence-corrected chi connectivity index (χ1v) is 12.7. The summed E-state index contributed by atoms with van der Waals surface area (Å²) in [6.45, 7) is 6.14. The quantitative estimate of drug-likeness (QED) is 0.402. The first-order chi connectivity index (χ1) is 16.4. The molecule has 0 saturated carbocycles. The number of fused-ring (bicyclic) bond motifs is 1. The van der Waals surface area contributed by atoms with Crippen molar-refractivity contribution in [2.24, 2.45) is 0 Å². The van der Waals surface area contributed by atoms with Crippen molar-refractivity contribution in [2.45, 2.75) is 50.9 Å². The molecule has 0 spiro atoms. The Morgan fingerprint density at radius 3 is 2.74 bits per heavy atom. The summed E-state index contributed by atoms with van der Waals surface area (Å²) >= 11 is 3.61. The minimum absolute atomic E-state index is 0.0513. The maximum absolute atomic E-state index is 12.4. The molecule has 7 heteroatoms. The van der Waals surface area contributed by atoms with Crippen LogP contribution in [-0.4, -0.2) is 29.0 Å². The van der Waals surface area contributed by atoms with Crippen molar-refractivity contribution in [2.75, 3.05) is 23.7 Å². The van der Waals surface area contributed by atoms with E-state index < -0.39 is 5.41 Å². The van der Waals surface area contributed by atoms with Gasteiger partial charge in [-0.1, -0.05) is 24.3 Å². The van der Waals surface area contributed by atoms with Crippen LogP contribution >= 0.6 is 15.9 Å². The van der Waals surface area contributed by atoms with Crippen LogP contribution in [0.5, 0.6) is 0 Å². The Morgan fingerprint density at radius 2 is 1.97 bits per heavy atom. The Labute approximate surface area is 209 Å². The molecule has 5 rings (SSSR count). The zero-order valence-corrected chi connectivity index (χ0v) is 21.2. The van der Waals surface area contributed by atoms with Crippen LogP contribution in [0.15, 0.2) is 53.1 Å². The highest BCUT2D eigenvalue weighted by Crippen LogP contribution is 2.40. The van der Waals surface area contributed by atoms with Crippen LogP contribution in [0.2, 0.25) is 0 Å². The lowest BCUT2D eigenvalue weighted by Gasteiger charge is -2.23. The first-order valence-electron chi connectivity index (χ1n) is 11.9. The van der Waals surface area contributed by atoms with Crippen molar-refractivity contribution >= 4 is 39.2 Å². The van der Waals surface area contributed by atoms with Gasteiger partial charge in [0.1, 0.15) is 0 Å². The number of anilines is 3. The normalized spacial score (nSPS) is 18.9. The number of hydrogen-bond donors (Lipinski definition) is 3. The number of carbonyl (C=O) groups is 1. The Balaban J connectivity index is 1.29. The summed E-state index contributed by atoms with van der Waals surface area (Å²) in [4.78, 5) is 21.6. The minimum Gasteiger partial charge on any atom is -0.325 e. The fourth-order valence-corrected chi connectivity index (χ4v) is 5.43. The summed E-state index contributed by atoms with van der Waals surface area (Å²) < 4.78 is 0.888. The number of benzene rings is 2. The highest BCUT2D eigenvalue weighted by Gasteiger charge is 2.39. The van der Waals surface area contributed by atoms with Gasteiger partial charge in [0.05, 0.1) is 15.6 Å². The third-order valence-corrected chi connectivity index (χ3v) is 7.64. The van der Waals surface area contributed by atoms with Crippen LogP contribution in [-0.2, 0) is 23.1 Å². The molecule has 2 aliphatic heterocycles. The summed E-state index contributed by atoms with van der Waals surface area (Å²) in [7, 11) is 0. The predicted molar refractivity (Wildman–Crippen MR) is 140 cm³/mol. The van der Waals surface area contributed by atoms with Crippen LogP contribution < -0.4 is 16.0 Å². The van der Waals surface area contributed by atoms with E-state index in [2.05, 4.69) is 67.2 Å². The van der Waals surface area contributed by atoms with Gasteiger partial charge in [-0.25, -0.2) is 9.97 Å². The van der Waals surface area contributed by atoms with Gasteiger partial charge in [0.2, 0.25) is 11.9 Å². The second-order valence-corrected chi connectivity index (χ2v) is 10.6. The highest BCUT2D eigenvalue weighted by molar-refractivity contribution is 9.10. The molecule has 3 N–H and O–H groups in total. The van der Waals surface area contributed by atoms with E-state index in [1.54, 1.807) is 6.20 Å². The molecular formula is C27H30BrN5O. The molecule has 176 valence electrons. The second-order valence-electron chi connectivity index (χ2n) is 9.70. The largest absolute Gasteiger partial charge is 0.325 e. The van der Waals surface area contributed by atoms with Crippen molar-refractivity contribution in [1.29, 1.82) is 0 Å². The van der Waals surface area contributed by atoms with Gasteiger partial charge in [0.15, 0.2) is 0 Å². The van der Waals surface area contributed by atoms with Gasteiger partial charge < -0.3 is 16.0 Å². The van der Waals surface area contributed by atoms with Crippen molar-refractivity contribution < 1.29 is 4.79 Å². The Kier molecular flexibility index (Phi) is 6.40. The van der Waals surface area contributed by atoms with E-state index in [-0.39, 0.29) is 5.91 Å². The van der Waals surface area contributed by atoms with Crippen molar-refractivity contribution in [3.05, 3.63) is 75.5 Å². The summed E-state index contributed by atoms with van der Waals surface area (Å²) in [5.41, 5.74) is 5.96. The van der Waals surface area contributed by atoms with Crippen molar-refractivity contribution in [3.63, 3.8) is 0 Å². The van der Waals surface area contributed by atoms with Gasteiger partial charge in [0.25, 0.3) is 0 Å².